The summed E-state index contributed by atoms with van der Waals surface area (Å²) < 4.78 is 22.5. The number of benzene rings is 1. The normalized spacial score (nSPS) is 15.9. The molecule has 142 valence electrons. The van der Waals surface area contributed by atoms with Gasteiger partial charge in [-0.3, -0.25) is 4.79 Å². The number of halogens is 1. The molecule has 0 radical (unpaired) electrons. The van der Waals surface area contributed by atoms with Crippen molar-refractivity contribution < 1.29 is 13.2 Å². The summed E-state index contributed by atoms with van der Waals surface area (Å²) in [6, 6.07) is 7.32. The van der Waals surface area contributed by atoms with E-state index in [9.17, 15) is 13.2 Å². The fourth-order valence-corrected chi connectivity index (χ4v) is 3.89. The molecular formula is C18H29ClN2O3S. The average Bonchev–Trinajstić information content (AvgIpc) is 2.79. The van der Waals surface area contributed by atoms with Gasteiger partial charge in [-0.15, -0.1) is 12.4 Å². The SMILES string of the molecule is CS(=O)(=O)Cc1ccc(C(=O)NCCNC2CCCCCC2)cc1.Cl. The van der Waals surface area contributed by atoms with Crippen molar-refractivity contribution in [2.24, 2.45) is 0 Å². The molecule has 0 aromatic heterocycles. The highest BCUT2D eigenvalue weighted by Crippen LogP contribution is 2.16. The van der Waals surface area contributed by atoms with Crippen LogP contribution in [0.3, 0.4) is 0 Å². The van der Waals surface area contributed by atoms with E-state index in [2.05, 4.69) is 10.6 Å². The van der Waals surface area contributed by atoms with Crippen molar-refractivity contribution in [1.29, 1.82) is 0 Å². The standard InChI is InChI=1S/C18H28N2O3S.ClH/c1-24(22,23)14-15-8-10-16(11-9-15)18(21)20-13-12-19-17-6-4-2-3-5-7-17;/h8-11,17,19H,2-7,12-14H2,1H3,(H,20,21);1H. The van der Waals surface area contributed by atoms with Crippen LogP contribution in [-0.4, -0.2) is 39.7 Å². The molecule has 1 aromatic rings. The second kappa shape index (κ2) is 10.8. The summed E-state index contributed by atoms with van der Waals surface area (Å²) in [7, 11) is -3.05. The van der Waals surface area contributed by atoms with Crippen LogP contribution in [0, 0.1) is 0 Å². The zero-order valence-electron chi connectivity index (χ0n) is 14.8. The maximum atomic E-state index is 12.1. The summed E-state index contributed by atoms with van der Waals surface area (Å²) >= 11 is 0. The van der Waals surface area contributed by atoms with E-state index >= 15 is 0 Å². The summed E-state index contributed by atoms with van der Waals surface area (Å²) in [6.45, 7) is 1.38. The second-order valence-corrected chi connectivity index (χ2v) is 8.81. The van der Waals surface area contributed by atoms with E-state index in [0.717, 1.165) is 6.54 Å². The van der Waals surface area contributed by atoms with E-state index in [1.807, 2.05) is 0 Å². The van der Waals surface area contributed by atoms with E-state index in [1.54, 1.807) is 24.3 Å². The molecule has 1 fully saturated rings. The Balaban J connectivity index is 0.00000312. The van der Waals surface area contributed by atoms with Crippen molar-refractivity contribution in [1.82, 2.24) is 10.6 Å². The number of nitrogens with one attached hydrogen (secondary N) is 2. The molecule has 1 aromatic carbocycles. The van der Waals surface area contributed by atoms with Gasteiger partial charge in [-0.25, -0.2) is 8.42 Å². The van der Waals surface area contributed by atoms with Gasteiger partial charge in [0.1, 0.15) is 0 Å². The lowest BCUT2D eigenvalue weighted by atomic mass is 10.1. The zero-order chi connectivity index (χ0) is 17.4. The van der Waals surface area contributed by atoms with Crippen LogP contribution in [0.25, 0.3) is 0 Å². The Hall–Kier alpha value is -1.11. The molecule has 1 saturated carbocycles. The predicted octanol–water partition coefficient (Wildman–Crippen LogP) is 2.70. The fraction of sp³-hybridized carbons (Fsp3) is 0.611. The van der Waals surface area contributed by atoms with Crippen molar-refractivity contribution in [3.63, 3.8) is 0 Å². The first kappa shape index (κ1) is 21.9. The minimum Gasteiger partial charge on any atom is -0.351 e. The van der Waals surface area contributed by atoms with Crippen LogP contribution in [0.4, 0.5) is 0 Å². The molecule has 25 heavy (non-hydrogen) atoms. The van der Waals surface area contributed by atoms with Crippen LogP contribution in [-0.2, 0) is 15.6 Å². The van der Waals surface area contributed by atoms with Crippen molar-refractivity contribution in [2.45, 2.75) is 50.3 Å². The Morgan fingerprint density at radius 1 is 1.04 bits per heavy atom. The maximum Gasteiger partial charge on any atom is 0.251 e. The minimum atomic E-state index is -3.05. The second-order valence-electron chi connectivity index (χ2n) is 6.67. The minimum absolute atomic E-state index is 0. The van der Waals surface area contributed by atoms with Gasteiger partial charge in [-0.05, 0) is 30.5 Å². The lowest BCUT2D eigenvalue weighted by molar-refractivity contribution is 0.0953. The third-order valence-corrected chi connectivity index (χ3v) is 5.20. The first-order valence-corrected chi connectivity index (χ1v) is 10.8. The van der Waals surface area contributed by atoms with Crippen LogP contribution >= 0.6 is 12.4 Å². The summed E-state index contributed by atoms with van der Waals surface area (Å²) in [5.41, 5.74) is 1.26. The van der Waals surface area contributed by atoms with Crippen molar-refractivity contribution in [2.75, 3.05) is 19.3 Å². The Morgan fingerprint density at radius 3 is 2.20 bits per heavy atom. The molecule has 7 heteroatoms. The Bertz CT molecular complexity index is 624. The number of sulfone groups is 1. The Labute approximate surface area is 157 Å². The zero-order valence-corrected chi connectivity index (χ0v) is 16.4. The summed E-state index contributed by atoms with van der Waals surface area (Å²) in [6.07, 6.45) is 8.93. The van der Waals surface area contributed by atoms with Crippen LogP contribution in [0.5, 0.6) is 0 Å². The highest BCUT2D eigenvalue weighted by molar-refractivity contribution is 7.89. The molecule has 5 nitrogen and oxygen atoms in total. The van der Waals surface area contributed by atoms with Crippen LogP contribution in [0.1, 0.15) is 54.4 Å². The number of carbonyl (C=O) groups excluding carboxylic acids is 1. The van der Waals surface area contributed by atoms with Crippen molar-refractivity contribution in [3.8, 4) is 0 Å². The molecule has 0 saturated heterocycles. The number of carbonyl (C=O) groups is 1. The van der Waals surface area contributed by atoms with E-state index in [0.29, 0.717) is 23.7 Å². The number of rotatable bonds is 7. The molecule has 0 aliphatic heterocycles. The monoisotopic (exact) mass is 388 g/mol. The Kier molecular flexibility index (Phi) is 9.46. The third-order valence-electron chi connectivity index (χ3n) is 4.34. The topological polar surface area (TPSA) is 75.3 Å². The number of hydrogen-bond donors (Lipinski definition) is 2. The van der Waals surface area contributed by atoms with Crippen molar-refractivity contribution in [3.05, 3.63) is 35.4 Å². The molecule has 2 rings (SSSR count). The van der Waals surface area contributed by atoms with Gasteiger partial charge in [0, 0.05) is 31.0 Å². The molecule has 1 aliphatic carbocycles. The molecule has 1 amide bonds. The summed E-state index contributed by atoms with van der Waals surface area (Å²) in [5.74, 6) is -0.121. The maximum absolute atomic E-state index is 12.1. The lowest BCUT2D eigenvalue weighted by Gasteiger charge is -2.16. The quantitative estimate of drug-likeness (QED) is 0.556. The van der Waals surface area contributed by atoms with E-state index in [1.165, 1.54) is 44.8 Å². The van der Waals surface area contributed by atoms with Gasteiger partial charge in [0.05, 0.1) is 5.75 Å². The molecular weight excluding hydrogens is 360 g/mol. The predicted molar refractivity (Wildman–Crippen MR) is 104 cm³/mol. The third kappa shape index (κ3) is 8.70. The van der Waals surface area contributed by atoms with Gasteiger partial charge in [-0.2, -0.15) is 0 Å². The largest absolute Gasteiger partial charge is 0.351 e. The van der Waals surface area contributed by atoms with Gasteiger partial charge in [0.25, 0.3) is 5.91 Å². The van der Waals surface area contributed by atoms with Gasteiger partial charge >= 0.3 is 0 Å². The van der Waals surface area contributed by atoms with Gasteiger partial charge in [0.2, 0.25) is 0 Å². The van der Waals surface area contributed by atoms with E-state index < -0.39 is 9.84 Å². The molecule has 0 heterocycles. The Morgan fingerprint density at radius 2 is 1.64 bits per heavy atom. The highest BCUT2D eigenvalue weighted by atomic mass is 35.5. The van der Waals surface area contributed by atoms with Crippen molar-refractivity contribution >= 4 is 28.2 Å². The smallest absolute Gasteiger partial charge is 0.251 e. The molecule has 2 N–H and O–H groups in total. The summed E-state index contributed by atoms with van der Waals surface area (Å²) in [4.78, 5) is 12.1. The van der Waals surface area contributed by atoms with Crippen LogP contribution in [0.15, 0.2) is 24.3 Å². The van der Waals surface area contributed by atoms with Crippen LogP contribution < -0.4 is 10.6 Å². The molecule has 0 spiro atoms. The summed E-state index contributed by atoms with van der Waals surface area (Å²) in [5, 5.41) is 6.42. The van der Waals surface area contributed by atoms with Gasteiger partial charge in [0.15, 0.2) is 9.84 Å². The average molecular weight is 389 g/mol. The lowest BCUT2D eigenvalue weighted by Crippen LogP contribution is -2.36. The first-order valence-electron chi connectivity index (χ1n) is 8.72. The fourth-order valence-electron chi connectivity index (χ4n) is 3.09. The van der Waals surface area contributed by atoms with Gasteiger partial charge < -0.3 is 10.6 Å². The molecule has 0 bridgehead atoms. The molecule has 0 atom stereocenters. The van der Waals surface area contributed by atoms with E-state index in [4.69, 9.17) is 0 Å². The first-order chi connectivity index (χ1) is 11.4. The molecule has 0 unspecified atom stereocenters. The number of amides is 1. The molecule has 1 aliphatic rings. The van der Waals surface area contributed by atoms with Gasteiger partial charge in [-0.1, -0.05) is 37.8 Å². The highest BCUT2D eigenvalue weighted by Gasteiger charge is 2.11. The number of hydrogen-bond acceptors (Lipinski definition) is 4. The van der Waals surface area contributed by atoms with Crippen LogP contribution in [0.2, 0.25) is 0 Å². The van der Waals surface area contributed by atoms with E-state index in [-0.39, 0.29) is 24.1 Å².